The first-order valence-corrected chi connectivity index (χ1v) is 8.53. The lowest BCUT2D eigenvalue weighted by Gasteiger charge is -2.19. The summed E-state index contributed by atoms with van der Waals surface area (Å²) in [5, 5.41) is 2.63. The van der Waals surface area contributed by atoms with Crippen LogP contribution in [0.1, 0.15) is 31.9 Å². The number of amides is 1. The van der Waals surface area contributed by atoms with E-state index in [9.17, 15) is 4.79 Å². The van der Waals surface area contributed by atoms with Gasteiger partial charge in [0.15, 0.2) is 11.5 Å². The Labute approximate surface area is 155 Å². The summed E-state index contributed by atoms with van der Waals surface area (Å²) in [4.78, 5) is 11.7. The van der Waals surface area contributed by atoms with E-state index in [1.165, 1.54) is 0 Å². The van der Waals surface area contributed by atoms with Crippen LogP contribution < -0.4 is 14.8 Å². The van der Waals surface area contributed by atoms with E-state index in [0.29, 0.717) is 24.5 Å². The lowest BCUT2D eigenvalue weighted by molar-refractivity contribution is 0.0542. The molecule has 5 nitrogen and oxygen atoms in total. The van der Waals surface area contributed by atoms with Crippen LogP contribution in [-0.4, -0.2) is 18.8 Å². The summed E-state index contributed by atoms with van der Waals surface area (Å²) in [5.74, 6) is 1.32. The standard InChI is InChI=1S/C21H26NO4/c1-21(2,3)26-20(23)22-14-13-17-11-8-12-18(19(17)24-4)25-15-16-9-6-5-7-10-16/h5-12,14H,13,15H2,1-4H3,(H,22,23). The van der Waals surface area contributed by atoms with Gasteiger partial charge in [-0.3, -0.25) is 0 Å². The number of rotatable bonds is 7. The molecule has 1 N–H and O–H groups in total. The molecule has 26 heavy (non-hydrogen) atoms. The highest BCUT2D eigenvalue weighted by atomic mass is 16.6. The normalized spacial score (nSPS) is 10.9. The van der Waals surface area contributed by atoms with Crippen LogP contribution in [0.4, 0.5) is 4.79 Å². The third-order valence-corrected chi connectivity index (χ3v) is 3.44. The van der Waals surface area contributed by atoms with Gasteiger partial charge in [-0.1, -0.05) is 42.5 Å². The number of ether oxygens (including phenoxy) is 3. The fourth-order valence-electron chi connectivity index (χ4n) is 2.35. The molecule has 139 valence electrons. The van der Waals surface area contributed by atoms with E-state index in [1.54, 1.807) is 13.7 Å². The Balaban J connectivity index is 1.95. The second-order valence-corrected chi connectivity index (χ2v) is 6.78. The molecular formula is C21H26NO4. The van der Waals surface area contributed by atoms with Crippen molar-refractivity contribution in [3.8, 4) is 11.5 Å². The van der Waals surface area contributed by atoms with Crippen molar-refractivity contribution in [3.63, 3.8) is 0 Å². The van der Waals surface area contributed by atoms with Crippen molar-refractivity contribution in [1.82, 2.24) is 5.32 Å². The topological polar surface area (TPSA) is 56.8 Å². The van der Waals surface area contributed by atoms with Crippen LogP contribution in [0.2, 0.25) is 0 Å². The number of nitrogens with one attached hydrogen (secondary N) is 1. The number of carbonyl (C=O) groups excluding carboxylic acids is 1. The largest absolute Gasteiger partial charge is 0.493 e. The first-order chi connectivity index (χ1) is 12.4. The average molecular weight is 356 g/mol. The SMILES string of the molecule is COc1c(C[CH]NC(=O)OC(C)(C)C)cccc1OCc1ccccc1. The Hall–Kier alpha value is -2.69. The first-order valence-electron chi connectivity index (χ1n) is 8.53. The Kier molecular flexibility index (Phi) is 6.89. The van der Waals surface area contributed by atoms with E-state index in [-0.39, 0.29) is 0 Å². The smallest absolute Gasteiger partial charge is 0.407 e. The Morgan fingerprint density at radius 3 is 2.46 bits per heavy atom. The van der Waals surface area contributed by atoms with Crippen LogP contribution in [-0.2, 0) is 17.8 Å². The number of hydrogen-bond acceptors (Lipinski definition) is 4. The summed E-state index contributed by atoms with van der Waals surface area (Å²) >= 11 is 0. The summed E-state index contributed by atoms with van der Waals surface area (Å²) in [7, 11) is 1.61. The number of methoxy groups -OCH3 is 1. The summed E-state index contributed by atoms with van der Waals surface area (Å²) in [5.41, 5.74) is 1.47. The van der Waals surface area contributed by atoms with Gasteiger partial charge >= 0.3 is 6.09 Å². The molecule has 0 fully saturated rings. The fourth-order valence-corrected chi connectivity index (χ4v) is 2.35. The van der Waals surface area contributed by atoms with Crippen molar-refractivity contribution in [2.45, 2.75) is 39.4 Å². The third-order valence-electron chi connectivity index (χ3n) is 3.44. The number of para-hydroxylation sites is 1. The van der Waals surface area contributed by atoms with Gasteiger partial charge in [-0.05, 0) is 38.8 Å². The first kappa shape index (κ1) is 19.6. The highest BCUT2D eigenvalue weighted by Gasteiger charge is 2.16. The Morgan fingerprint density at radius 1 is 1.08 bits per heavy atom. The molecule has 1 amide bonds. The van der Waals surface area contributed by atoms with Gasteiger partial charge in [0.1, 0.15) is 12.2 Å². The van der Waals surface area contributed by atoms with Crippen molar-refractivity contribution in [2.24, 2.45) is 0 Å². The second kappa shape index (κ2) is 9.13. The van der Waals surface area contributed by atoms with Gasteiger partial charge in [-0.25, -0.2) is 4.79 Å². The minimum absolute atomic E-state index is 0.459. The number of hydrogen-bond donors (Lipinski definition) is 1. The monoisotopic (exact) mass is 356 g/mol. The fraction of sp³-hybridized carbons (Fsp3) is 0.333. The van der Waals surface area contributed by atoms with Crippen molar-refractivity contribution in [3.05, 3.63) is 66.2 Å². The van der Waals surface area contributed by atoms with Gasteiger partial charge in [-0.15, -0.1) is 0 Å². The maximum Gasteiger partial charge on any atom is 0.407 e. The maximum absolute atomic E-state index is 11.7. The minimum atomic E-state index is -0.527. The number of alkyl carbamates (subject to hydrolysis) is 1. The third kappa shape index (κ3) is 6.31. The van der Waals surface area contributed by atoms with Gasteiger partial charge < -0.3 is 19.5 Å². The Bertz CT molecular complexity index is 708. The van der Waals surface area contributed by atoms with Crippen LogP contribution in [0.3, 0.4) is 0 Å². The molecule has 0 aliphatic carbocycles. The van der Waals surface area contributed by atoms with Crippen molar-refractivity contribution in [2.75, 3.05) is 7.11 Å². The van der Waals surface area contributed by atoms with Crippen LogP contribution in [0.5, 0.6) is 11.5 Å². The molecule has 2 aromatic rings. The quantitative estimate of drug-likeness (QED) is 0.793. The van der Waals surface area contributed by atoms with Crippen molar-refractivity contribution < 1.29 is 19.0 Å². The molecule has 0 atom stereocenters. The zero-order chi connectivity index (χ0) is 19.0. The highest BCUT2D eigenvalue weighted by Crippen LogP contribution is 2.32. The molecule has 0 saturated heterocycles. The van der Waals surface area contributed by atoms with Gasteiger partial charge in [-0.2, -0.15) is 0 Å². The molecule has 5 heteroatoms. The van der Waals surface area contributed by atoms with Gasteiger partial charge in [0.05, 0.1) is 13.7 Å². The molecule has 1 radical (unpaired) electrons. The Morgan fingerprint density at radius 2 is 1.81 bits per heavy atom. The summed E-state index contributed by atoms with van der Waals surface area (Å²) < 4.78 is 16.6. The lowest BCUT2D eigenvalue weighted by atomic mass is 10.1. The molecule has 2 aromatic carbocycles. The van der Waals surface area contributed by atoms with Crippen molar-refractivity contribution in [1.29, 1.82) is 0 Å². The molecule has 0 saturated carbocycles. The average Bonchev–Trinajstić information content (AvgIpc) is 2.59. The zero-order valence-electron chi connectivity index (χ0n) is 15.7. The predicted molar refractivity (Wildman–Crippen MR) is 101 cm³/mol. The van der Waals surface area contributed by atoms with E-state index in [1.807, 2.05) is 69.3 Å². The predicted octanol–water partition coefficient (Wildman–Crippen LogP) is 4.50. The molecule has 0 heterocycles. The zero-order valence-corrected chi connectivity index (χ0v) is 15.7. The van der Waals surface area contributed by atoms with E-state index < -0.39 is 11.7 Å². The lowest BCUT2D eigenvalue weighted by Crippen LogP contribution is -2.31. The summed E-state index contributed by atoms with van der Waals surface area (Å²) in [6, 6.07) is 15.6. The van der Waals surface area contributed by atoms with Gasteiger partial charge in [0.25, 0.3) is 0 Å². The molecule has 0 aliphatic heterocycles. The van der Waals surface area contributed by atoms with E-state index in [2.05, 4.69) is 5.32 Å². The molecule has 0 aliphatic rings. The van der Waals surface area contributed by atoms with Gasteiger partial charge in [0, 0.05) is 5.56 Å². The van der Waals surface area contributed by atoms with Crippen LogP contribution in [0.15, 0.2) is 48.5 Å². The molecule has 0 spiro atoms. The number of carbonyl (C=O) groups is 1. The molecule has 0 aromatic heterocycles. The van der Waals surface area contributed by atoms with E-state index >= 15 is 0 Å². The van der Waals surface area contributed by atoms with Crippen LogP contribution in [0, 0.1) is 6.54 Å². The molecule has 0 bridgehead atoms. The van der Waals surface area contributed by atoms with Gasteiger partial charge in [0.2, 0.25) is 0 Å². The number of benzene rings is 2. The highest BCUT2D eigenvalue weighted by molar-refractivity contribution is 5.68. The summed E-state index contributed by atoms with van der Waals surface area (Å²) in [6.45, 7) is 7.57. The van der Waals surface area contributed by atoms with E-state index in [4.69, 9.17) is 14.2 Å². The van der Waals surface area contributed by atoms with E-state index in [0.717, 1.165) is 11.1 Å². The molecule has 0 unspecified atom stereocenters. The molecule has 2 rings (SSSR count). The maximum atomic E-state index is 11.7. The van der Waals surface area contributed by atoms with Crippen LogP contribution in [0.25, 0.3) is 0 Å². The minimum Gasteiger partial charge on any atom is -0.493 e. The second-order valence-electron chi connectivity index (χ2n) is 6.78. The van der Waals surface area contributed by atoms with Crippen LogP contribution >= 0.6 is 0 Å². The molecular weight excluding hydrogens is 330 g/mol. The van der Waals surface area contributed by atoms with Crippen molar-refractivity contribution >= 4 is 6.09 Å². The summed E-state index contributed by atoms with van der Waals surface area (Å²) in [6.07, 6.45) is 0.0123.